The zero-order chi connectivity index (χ0) is 19.0. The fraction of sp³-hybridized carbons (Fsp3) is 0. The molecular formula is C21H13ClN2O3. The molecule has 27 heavy (non-hydrogen) atoms. The summed E-state index contributed by atoms with van der Waals surface area (Å²) in [5.41, 5.74) is 1.58. The Hall–Kier alpha value is -3.44. The Balaban J connectivity index is 2.04. The van der Waals surface area contributed by atoms with Crippen molar-refractivity contribution in [3.05, 3.63) is 93.7 Å². The molecule has 1 N–H and O–H groups in total. The molecule has 132 valence electrons. The Morgan fingerprint density at radius 2 is 1.63 bits per heavy atom. The van der Waals surface area contributed by atoms with Crippen molar-refractivity contribution < 1.29 is 9.90 Å². The summed E-state index contributed by atoms with van der Waals surface area (Å²) in [6, 6.07) is 20.5. The van der Waals surface area contributed by atoms with E-state index in [1.807, 2.05) is 24.3 Å². The van der Waals surface area contributed by atoms with Gasteiger partial charge in [-0.2, -0.15) is 9.78 Å². The van der Waals surface area contributed by atoms with Crippen molar-refractivity contribution in [3.8, 4) is 16.9 Å². The van der Waals surface area contributed by atoms with Crippen molar-refractivity contribution in [3.63, 3.8) is 0 Å². The van der Waals surface area contributed by atoms with Crippen molar-refractivity contribution in [2.24, 2.45) is 0 Å². The molecule has 0 bridgehead atoms. The first kappa shape index (κ1) is 17.0. The van der Waals surface area contributed by atoms with Gasteiger partial charge in [0.1, 0.15) is 0 Å². The van der Waals surface area contributed by atoms with Crippen molar-refractivity contribution in [2.45, 2.75) is 0 Å². The highest BCUT2D eigenvalue weighted by atomic mass is 35.5. The smallest absolute Gasteiger partial charge is 0.335 e. The predicted molar refractivity (Wildman–Crippen MR) is 105 cm³/mol. The van der Waals surface area contributed by atoms with Crippen molar-refractivity contribution in [1.82, 2.24) is 9.78 Å². The molecule has 4 aromatic rings. The molecule has 0 aliphatic heterocycles. The number of carboxylic acids is 1. The maximum atomic E-state index is 13.0. The molecule has 3 aromatic carbocycles. The van der Waals surface area contributed by atoms with Crippen molar-refractivity contribution >= 4 is 28.3 Å². The number of nitrogens with zero attached hydrogens (tertiary/aromatic N) is 2. The average molecular weight is 377 g/mol. The lowest BCUT2D eigenvalue weighted by molar-refractivity contribution is 0.0697. The molecule has 0 unspecified atom stereocenters. The van der Waals surface area contributed by atoms with E-state index in [2.05, 4.69) is 5.10 Å². The van der Waals surface area contributed by atoms with Gasteiger partial charge in [-0.15, -0.1) is 0 Å². The first-order valence-corrected chi connectivity index (χ1v) is 8.54. The van der Waals surface area contributed by atoms with Crippen LogP contribution in [0, 0.1) is 0 Å². The number of benzene rings is 3. The molecule has 0 saturated heterocycles. The van der Waals surface area contributed by atoms with E-state index < -0.39 is 5.97 Å². The molecule has 6 heteroatoms. The minimum absolute atomic E-state index is 0.0856. The van der Waals surface area contributed by atoms with Gasteiger partial charge < -0.3 is 5.11 Å². The largest absolute Gasteiger partial charge is 0.478 e. The number of hydrogen-bond donors (Lipinski definition) is 1. The molecule has 0 fully saturated rings. The van der Waals surface area contributed by atoms with Gasteiger partial charge >= 0.3 is 5.97 Å². The van der Waals surface area contributed by atoms with Gasteiger partial charge in [-0.25, -0.2) is 4.79 Å². The van der Waals surface area contributed by atoms with Gasteiger partial charge in [0.05, 0.1) is 22.3 Å². The lowest BCUT2D eigenvalue weighted by Crippen LogP contribution is -2.22. The molecular weight excluding hydrogens is 364 g/mol. The maximum absolute atomic E-state index is 13.0. The van der Waals surface area contributed by atoms with E-state index in [0.717, 1.165) is 10.9 Å². The second-order valence-electron chi connectivity index (χ2n) is 5.97. The number of carbonyl (C=O) groups is 1. The van der Waals surface area contributed by atoms with Crippen LogP contribution in [0.2, 0.25) is 5.02 Å². The van der Waals surface area contributed by atoms with Crippen molar-refractivity contribution in [2.75, 3.05) is 0 Å². The van der Waals surface area contributed by atoms with Crippen LogP contribution in [0.25, 0.3) is 27.7 Å². The molecule has 0 spiro atoms. The Morgan fingerprint density at radius 3 is 2.33 bits per heavy atom. The number of rotatable bonds is 3. The Kier molecular flexibility index (Phi) is 4.22. The Morgan fingerprint density at radius 1 is 0.926 bits per heavy atom. The summed E-state index contributed by atoms with van der Waals surface area (Å²) in [5.74, 6) is -1.07. The zero-order valence-electron chi connectivity index (χ0n) is 14.0. The third kappa shape index (κ3) is 3.09. The minimum Gasteiger partial charge on any atom is -0.478 e. The third-order valence-corrected chi connectivity index (χ3v) is 4.51. The first-order valence-electron chi connectivity index (χ1n) is 8.16. The van der Waals surface area contributed by atoms with Gasteiger partial charge in [0.15, 0.2) is 0 Å². The van der Waals surface area contributed by atoms with Crippen LogP contribution in [0.3, 0.4) is 0 Å². The van der Waals surface area contributed by atoms with E-state index in [1.165, 1.54) is 16.8 Å². The zero-order valence-corrected chi connectivity index (χ0v) is 14.7. The van der Waals surface area contributed by atoms with Gasteiger partial charge in [-0.05, 0) is 36.4 Å². The summed E-state index contributed by atoms with van der Waals surface area (Å²) in [4.78, 5) is 24.3. The Labute approximate surface area is 159 Å². The number of hydrogen-bond acceptors (Lipinski definition) is 3. The monoisotopic (exact) mass is 376 g/mol. The van der Waals surface area contributed by atoms with Gasteiger partial charge in [0.2, 0.25) is 0 Å². The molecule has 1 aromatic heterocycles. The van der Waals surface area contributed by atoms with Gasteiger partial charge in [-0.1, -0.05) is 48.0 Å². The molecule has 5 nitrogen and oxygen atoms in total. The molecule has 0 saturated carbocycles. The number of aromatic nitrogens is 2. The SMILES string of the molecule is O=C(O)c1cccc(-n2nc(-c3ccc(Cl)cc3)c3ccccc3c2=O)c1. The molecule has 4 rings (SSSR count). The normalized spacial score (nSPS) is 10.9. The standard InChI is InChI=1S/C21H13ClN2O3/c22-15-10-8-13(9-11-15)19-17-6-1-2-7-18(17)20(25)24(23-19)16-5-3-4-14(12-16)21(26)27/h1-12H,(H,26,27). The quantitative estimate of drug-likeness (QED) is 0.575. The van der Waals surface area contributed by atoms with Crippen LogP contribution in [0.15, 0.2) is 77.6 Å². The van der Waals surface area contributed by atoms with Gasteiger partial charge in [0, 0.05) is 16.0 Å². The topological polar surface area (TPSA) is 72.2 Å². The highest BCUT2D eigenvalue weighted by molar-refractivity contribution is 6.30. The summed E-state index contributed by atoms with van der Waals surface area (Å²) >= 11 is 5.99. The lowest BCUT2D eigenvalue weighted by atomic mass is 10.0. The van der Waals surface area contributed by atoms with Gasteiger partial charge in [0.25, 0.3) is 5.56 Å². The van der Waals surface area contributed by atoms with Gasteiger partial charge in [-0.3, -0.25) is 4.79 Å². The summed E-state index contributed by atoms with van der Waals surface area (Å²) in [6.07, 6.45) is 0. The second-order valence-corrected chi connectivity index (χ2v) is 6.41. The number of fused-ring (bicyclic) bond motifs is 1. The molecule has 0 radical (unpaired) electrons. The number of halogens is 1. The van der Waals surface area contributed by atoms with E-state index >= 15 is 0 Å². The highest BCUT2D eigenvalue weighted by Gasteiger charge is 2.14. The van der Waals surface area contributed by atoms with Crippen LogP contribution < -0.4 is 5.56 Å². The molecule has 0 atom stereocenters. The second kappa shape index (κ2) is 6.70. The van der Waals surface area contributed by atoms with E-state index in [4.69, 9.17) is 11.6 Å². The maximum Gasteiger partial charge on any atom is 0.335 e. The Bertz CT molecular complexity index is 1230. The first-order chi connectivity index (χ1) is 13.0. The number of carboxylic acid groups (broad SMARTS) is 1. The summed E-state index contributed by atoms with van der Waals surface area (Å²) in [5, 5.41) is 15.6. The fourth-order valence-corrected chi connectivity index (χ4v) is 3.08. The summed E-state index contributed by atoms with van der Waals surface area (Å²) < 4.78 is 1.23. The lowest BCUT2D eigenvalue weighted by Gasteiger charge is -2.12. The van der Waals surface area contributed by atoms with Crippen LogP contribution >= 0.6 is 11.6 Å². The average Bonchev–Trinajstić information content (AvgIpc) is 2.69. The van der Waals surface area contributed by atoms with Crippen LogP contribution in [-0.2, 0) is 0 Å². The van der Waals surface area contributed by atoms with E-state index in [-0.39, 0.29) is 11.1 Å². The summed E-state index contributed by atoms with van der Waals surface area (Å²) in [7, 11) is 0. The predicted octanol–water partition coefficient (Wildman–Crippen LogP) is 4.40. The minimum atomic E-state index is -1.07. The van der Waals surface area contributed by atoms with E-state index in [0.29, 0.717) is 21.8 Å². The fourth-order valence-electron chi connectivity index (χ4n) is 2.96. The third-order valence-electron chi connectivity index (χ3n) is 4.26. The summed E-state index contributed by atoms with van der Waals surface area (Å²) in [6.45, 7) is 0. The van der Waals surface area contributed by atoms with Crippen LogP contribution in [0.4, 0.5) is 0 Å². The van der Waals surface area contributed by atoms with E-state index in [9.17, 15) is 14.7 Å². The van der Waals surface area contributed by atoms with Crippen LogP contribution in [0.5, 0.6) is 0 Å². The molecule has 0 aliphatic carbocycles. The van der Waals surface area contributed by atoms with Crippen LogP contribution in [0.1, 0.15) is 10.4 Å². The van der Waals surface area contributed by atoms with E-state index in [1.54, 1.807) is 36.4 Å². The molecule has 0 amide bonds. The highest BCUT2D eigenvalue weighted by Crippen LogP contribution is 2.26. The van der Waals surface area contributed by atoms with Crippen molar-refractivity contribution in [1.29, 1.82) is 0 Å². The van der Waals surface area contributed by atoms with Crippen LogP contribution in [-0.4, -0.2) is 20.9 Å². The molecule has 0 aliphatic rings. The molecule has 1 heterocycles. The number of aromatic carboxylic acids is 1.